The fourth-order valence-electron chi connectivity index (χ4n) is 2.33. The Hall–Kier alpha value is -1.14. The number of rotatable bonds is 4. The lowest BCUT2D eigenvalue weighted by molar-refractivity contribution is -0.132. The van der Waals surface area contributed by atoms with Crippen LogP contribution in [-0.2, 0) is 18.3 Å². The van der Waals surface area contributed by atoms with E-state index in [1.165, 1.54) is 0 Å². The van der Waals surface area contributed by atoms with Gasteiger partial charge in [-0.2, -0.15) is 0 Å². The van der Waals surface area contributed by atoms with Gasteiger partial charge in [0.05, 0.1) is 0 Å². The molecule has 0 unspecified atom stereocenters. The molecule has 19 heavy (non-hydrogen) atoms. The highest BCUT2D eigenvalue weighted by Crippen LogP contribution is 2.11. The first-order valence-electron chi connectivity index (χ1n) is 6.47. The summed E-state index contributed by atoms with van der Waals surface area (Å²) >= 11 is 0. The summed E-state index contributed by atoms with van der Waals surface area (Å²) in [5.41, 5.74) is 0. The number of carbonyl (C=O) groups is 1. The molecule has 1 amide bonds. The highest BCUT2D eigenvalue weighted by molar-refractivity contribution is 5.85. The van der Waals surface area contributed by atoms with Gasteiger partial charge in [-0.05, 0) is 25.9 Å². The molecule has 1 aliphatic heterocycles. The molecular formula is C12H22ClN5O. The summed E-state index contributed by atoms with van der Waals surface area (Å²) in [7, 11) is 3.81. The molecule has 1 N–H and O–H groups in total. The van der Waals surface area contributed by atoms with Crippen LogP contribution in [0.5, 0.6) is 0 Å². The molecule has 2 rings (SSSR count). The van der Waals surface area contributed by atoms with Crippen molar-refractivity contribution in [2.75, 3.05) is 20.1 Å². The molecule has 0 aliphatic carbocycles. The van der Waals surface area contributed by atoms with Gasteiger partial charge in [-0.25, -0.2) is 0 Å². The second-order valence-corrected chi connectivity index (χ2v) is 4.84. The number of nitrogens with one attached hydrogen (secondary N) is 1. The van der Waals surface area contributed by atoms with Crippen molar-refractivity contribution in [3.8, 4) is 0 Å². The predicted octanol–water partition coefficient (Wildman–Crippen LogP) is 0.380. The zero-order chi connectivity index (χ0) is 13.0. The molecule has 0 radical (unpaired) electrons. The fraction of sp³-hybridized carbons (Fsp3) is 0.750. The van der Waals surface area contributed by atoms with E-state index in [0.717, 1.165) is 31.8 Å². The number of piperidine rings is 1. The maximum atomic E-state index is 12.1. The highest BCUT2D eigenvalue weighted by atomic mass is 35.5. The van der Waals surface area contributed by atoms with Crippen molar-refractivity contribution in [1.82, 2.24) is 25.0 Å². The Labute approximate surface area is 120 Å². The number of aromatic nitrogens is 3. The minimum Gasteiger partial charge on any atom is -0.343 e. The van der Waals surface area contributed by atoms with Crippen LogP contribution in [0.3, 0.4) is 0 Å². The molecule has 108 valence electrons. The van der Waals surface area contributed by atoms with Gasteiger partial charge in [-0.1, -0.05) is 0 Å². The van der Waals surface area contributed by atoms with Gasteiger partial charge in [0.2, 0.25) is 5.91 Å². The van der Waals surface area contributed by atoms with E-state index < -0.39 is 0 Å². The molecule has 1 saturated heterocycles. The summed E-state index contributed by atoms with van der Waals surface area (Å²) < 4.78 is 1.86. The van der Waals surface area contributed by atoms with E-state index in [1.807, 2.05) is 23.6 Å². The number of carbonyl (C=O) groups excluding carboxylic acids is 1. The SMILES string of the molecule is CN(C(=O)CCc1nncn1C)C1CCNCC1.Cl. The normalized spacial score (nSPS) is 15.9. The first kappa shape index (κ1) is 15.9. The third kappa shape index (κ3) is 4.18. The van der Waals surface area contributed by atoms with E-state index in [9.17, 15) is 4.79 Å². The second kappa shape index (κ2) is 7.45. The molecule has 1 fully saturated rings. The van der Waals surface area contributed by atoms with Gasteiger partial charge < -0.3 is 14.8 Å². The van der Waals surface area contributed by atoms with Gasteiger partial charge in [-0.3, -0.25) is 4.79 Å². The summed E-state index contributed by atoms with van der Waals surface area (Å²) in [6.45, 7) is 2.01. The summed E-state index contributed by atoms with van der Waals surface area (Å²) in [4.78, 5) is 14.0. The maximum absolute atomic E-state index is 12.1. The third-order valence-electron chi connectivity index (χ3n) is 3.62. The van der Waals surface area contributed by atoms with E-state index in [1.54, 1.807) is 6.33 Å². The summed E-state index contributed by atoms with van der Waals surface area (Å²) in [6.07, 6.45) is 4.92. The quantitative estimate of drug-likeness (QED) is 0.870. The molecule has 1 aromatic rings. The minimum absolute atomic E-state index is 0. The lowest BCUT2D eigenvalue weighted by Gasteiger charge is -2.31. The van der Waals surface area contributed by atoms with Crippen LogP contribution >= 0.6 is 12.4 Å². The monoisotopic (exact) mass is 287 g/mol. The summed E-state index contributed by atoms with van der Waals surface area (Å²) in [6, 6.07) is 0.387. The van der Waals surface area contributed by atoms with Crippen molar-refractivity contribution in [3.63, 3.8) is 0 Å². The van der Waals surface area contributed by atoms with Gasteiger partial charge in [0.1, 0.15) is 12.2 Å². The van der Waals surface area contributed by atoms with Gasteiger partial charge >= 0.3 is 0 Å². The molecule has 0 saturated carbocycles. The first-order chi connectivity index (χ1) is 8.68. The standard InChI is InChI=1S/C12H21N5O.ClH/c1-16-9-14-15-11(16)3-4-12(18)17(2)10-5-7-13-8-6-10;/h9-10,13H,3-8H2,1-2H3;1H. The van der Waals surface area contributed by atoms with Crippen LogP contribution in [0.15, 0.2) is 6.33 Å². The average Bonchev–Trinajstić information content (AvgIpc) is 2.81. The predicted molar refractivity (Wildman–Crippen MR) is 75.2 cm³/mol. The van der Waals surface area contributed by atoms with Crippen molar-refractivity contribution in [2.45, 2.75) is 31.7 Å². The van der Waals surface area contributed by atoms with E-state index >= 15 is 0 Å². The summed E-state index contributed by atoms with van der Waals surface area (Å²) in [5.74, 6) is 1.06. The lowest BCUT2D eigenvalue weighted by Crippen LogP contribution is -2.44. The Balaban J connectivity index is 0.00000180. The average molecular weight is 288 g/mol. The Morgan fingerprint density at radius 1 is 1.53 bits per heavy atom. The van der Waals surface area contributed by atoms with E-state index in [2.05, 4.69) is 15.5 Å². The Morgan fingerprint density at radius 3 is 2.79 bits per heavy atom. The molecule has 0 atom stereocenters. The molecule has 0 aromatic carbocycles. The highest BCUT2D eigenvalue weighted by Gasteiger charge is 2.21. The van der Waals surface area contributed by atoms with Crippen LogP contribution in [0.4, 0.5) is 0 Å². The molecule has 0 spiro atoms. The van der Waals surface area contributed by atoms with Gasteiger partial charge in [-0.15, -0.1) is 22.6 Å². The van der Waals surface area contributed by atoms with Crippen LogP contribution in [0, 0.1) is 0 Å². The molecular weight excluding hydrogens is 266 g/mol. The second-order valence-electron chi connectivity index (χ2n) is 4.84. The van der Waals surface area contributed by atoms with E-state index in [4.69, 9.17) is 0 Å². The maximum Gasteiger partial charge on any atom is 0.223 e. The van der Waals surface area contributed by atoms with Crippen molar-refractivity contribution in [3.05, 3.63) is 12.2 Å². The zero-order valence-corrected chi connectivity index (χ0v) is 12.3. The van der Waals surface area contributed by atoms with Crippen LogP contribution in [0.2, 0.25) is 0 Å². The van der Waals surface area contributed by atoms with Crippen LogP contribution in [-0.4, -0.2) is 51.8 Å². The lowest BCUT2D eigenvalue weighted by atomic mass is 10.0. The van der Waals surface area contributed by atoms with Gasteiger partial charge in [0, 0.05) is 33.0 Å². The Morgan fingerprint density at radius 2 is 2.21 bits per heavy atom. The third-order valence-corrected chi connectivity index (χ3v) is 3.62. The first-order valence-corrected chi connectivity index (χ1v) is 6.47. The van der Waals surface area contributed by atoms with Crippen molar-refractivity contribution >= 4 is 18.3 Å². The smallest absolute Gasteiger partial charge is 0.223 e. The molecule has 6 nitrogen and oxygen atoms in total. The fourth-order valence-corrected chi connectivity index (χ4v) is 2.33. The minimum atomic E-state index is 0. The van der Waals surface area contributed by atoms with Crippen LogP contribution in [0.25, 0.3) is 0 Å². The topological polar surface area (TPSA) is 63.1 Å². The van der Waals surface area contributed by atoms with E-state index in [-0.39, 0.29) is 18.3 Å². The zero-order valence-electron chi connectivity index (χ0n) is 11.5. The number of hydrogen-bond donors (Lipinski definition) is 1. The van der Waals surface area contributed by atoms with Gasteiger partial charge in [0.25, 0.3) is 0 Å². The molecule has 1 aromatic heterocycles. The molecule has 1 aliphatic rings. The number of nitrogens with zero attached hydrogens (tertiary/aromatic N) is 4. The summed E-state index contributed by atoms with van der Waals surface area (Å²) in [5, 5.41) is 11.1. The number of halogens is 1. The van der Waals surface area contributed by atoms with Crippen molar-refractivity contribution in [2.24, 2.45) is 7.05 Å². The van der Waals surface area contributed by atoms with Crippen molar-refractivity contribution in [1.29, 1.82) is 0 Å². The number of aryl methyl sites for hydroxylation is 2. The van der Waals surface area contributed by atoms with E-state index in [0.29, 0.717) is 18.9 Å². The largest absolute Gasteiger partial charge is 0.343 e. The number of amides is 1. The number of hydrogen-bond acceptors (Lipinski definition) is 4. The molecule has 2 heterocycles. The van der Waals surface area contributed by atoms with Gasteiger partial charge in [0.15, 0.2) is 0 Å². The van der Waals surface area contributed by atoms with Crippen LogP contribution in [0.1, 0.15) is 25.1 Å². The van der Waals surface area contributed by atoms with Crippen molar-refractivity contribution < 1.29 is 4.79 Å². The Bertz CT molecular complexity index is 403. The van der Waals surface area contributed by atoms with Crippen LogP contribution < -0.4 is 5.32 Å². The Kier molecular flexibility index (Phi) is 6.24. The molecule has 0 bridgehead atoms. The molecule has 7 heteroatoms.